The van der Waals surface area contributed by atoms with Gasteiger partial charge in [-0.3, -0.25) is 15.0 Å². The van der Waals surface area contributed by atoms with Gasteiger partial charge in [-0.05, 0) is 18.2 Å². The van der Waals surface area contributed by atoms with Crippen LogP contribution in [0.3, 0.4) is 0 Å². The Labute approximate surface area is 161 Å². The minimum Gasteiger partial charge on any atom is -0.507 e. The highest BCUT2D eigenvalue weighted by atomic mass is 35.5. The number of aromatic amines is 1. The fourth-order valence-corrected chi connectivity index (χ4v) is 3.49. The summed E-state index contributed by atoms with van der Waals surface area (Å²) in [5.74, 6) is -0.211. The van der Waals surface area contributed by atoms with Crippen LogP contribution in [-0.2, 0) is 6.54 Å². The third kappa shape index (κ3) is 3.70. The molecule has 3 aromatic rings. The molecule has 1 saturated heterocycles. The smallest absolute Gasteiger partial charge is 0.137 e. The molecule has 1 aliphatic rings. The Kier molecular flexibility index (Phi) is 4.87. The summed E-state index contributed by atoms with van der Waals surface area (Å²) < 4.78 is 0. The second-order valence-corrected chi connectivity index (χ2v) is 6.93. The highest BCUT2D eigenvalue weighted by Crippen LogP contribution is 2.40. The summed E-state index contributed by atoms with van der Waals surface area (Å²) in [5.41, 5.74) is 3.08. The maximum Gasteiger partial charge on any atom is 0.137 e. The topological polar surface area (TPSA) is 88.5 Å². The fourth-order valence-electron chi connectivity index (χ4n) is 3.33. The number of nitrogens with one attached hydrogen (secondary N) is 1. The summed E-state index contributed by atoms with van der Waals surface area (Å²) in [5, 5.41) is 27.2. The van der Waals surface area contributed by atoms with Crippen LogP contribution in [0.25, 0.3) is 11.3 Å². The summed E-state index contributed by atoms with van der Waals surface area (Å²) in [4.78, 5) is 8.99. The Morgan fingerprint density at radius 1 is 1.07 bits per heavy atom. The van der Waals surface area contributed by atoms with E-state index in [0.29, 0.717) is 11.3 Å². The van der Waals surface area contributed by atoms with Gasteiger partial charge in [-0.2, -0.15) is 5.10 Å². The van der Waals surface area contributed by atoms with Gasteiger partial charge in [0, 0.05) is 56.7 Å². The number of phenols is 2. The van der Waals surface area contributed by atoms with E-state index in [2.05, 4.69) is 25.0 Å². The number of piperazine rings is 1. The molecule has 1 aliphatic heterocycles. The first-order valence-electron chi connectivity index (χ1n) is 8.74. The van der Waals surface area contributed by atoms with E-state index < -0.39 is 0 Å². The number of aromatic nitrogens is 3. The van der Waals surface area contributed by atoms with Crippen LogP contribution in [-0.4, -0.2) is 56.5 Å². The van der Waals surface area contributed by atoms with Crippen molar-refractivity contribution in [3.8, 4) is 22.8 Å². The number of aromatic hydroxyl groups is 2. The van der Waals surface area contributed by atoms with Gasteiger partial charge in [0.15, 0.2) is 0 Å². The third-order valence-corrected chi connectivity index (χ3v) is 5.07. The minimum absolute atomic E-state index is 0.0564. The van der Waals surface area contributed by atoms with Crippen molar-refractivity contribution in [2.75, 3.05) is 31.1 Å². The maximum absolute atomic E-state index is 10.2. The number of phenolic OH excluding ortho intramolecular Hbond substituents is 2. The van der Waals surface area contributed by atoms with Crippen molar-refractivity contribution in [2.45, 2.75) is 6.54 Å². The molecule has 0 aliphatic carbocycles. The first kappa shape index (κ1) is 17.6. The molecule has 0 amide bonds. The van der Waals surface area contributed by atoms with E-state index >= 15 is 0 Å². The molecule has 7 nitrogen and oxygen atoms in total. The molecule has 0 spiro atoms. The Morgan fingerprint density at radius 2 is 1.89 bits per heavy atom. The van der Waals surface area contributed by atoms with Crippen LogP contribution in [0.4, 0.5) is 5.69 Å². The first-order valence-corrected chi connectivity index (χ1v) is 9.12. The monoisotopic (exact) mass is 385 g/mol. The number of benzene rings is 1. The summed E-state index contributed by atoms with van der Waals surface area (Å²) >= 11 is 6.01. The lowest BCUT2D eigenvalue weighted by atomic mass is 10.1. The van der Waals surface area contributed by atoms with E-state index in [4.69, 9.17) is 11.6 Å². The predicted octanol–water partition coefficient (Wildman–Crippen LogP) is 2.86. The molecule has 3 heterocycles. The van der Waals surface area contributed by atoms with Gasteiger partial charge in [-0.15, -0.1) is 0 Å². The first-order chi connectivity index (χ1) is 13.1. The average Bonchev–Trinajstić information content (AvgIpc) is 3.16. The molecule has 27 heavy (non-hydrogen) atoms. The van der Waals surface area contributed by atoms with E-state index in [1.54, 1.807) is 0 Å². The lowest BCUT2D eigenvalue weighted by Gasteiger charge is -2.35. The van der Waals surface area contributed by atoms with Gasteiger partial charge in [0.25, 0.3) is 0 Å². The molecule has 0 saturated carbocycles. The Hall–Kier alpha value is -2.77. The van der Waals surface area contributed by atoms with Crippen molar-refractivity contribution in [3.63, 3.8) is 0 Å². The SMILES string of the molecule is Oc1cc(O)c(-c2n[nH]cc2N2CCN(Cc3ccccn3)CC2)cc1Cl. The quantitative estimate of drug-likeness (QED) is 0.640. The standard InChI is InChI=1S/C19H20ClN5O2/c20-15-9-14(17(26)10-18(15)27)19-16(11-22-23-19)25-7-5-24(6-8-25)12-13-3-1-2-4-21-13/h1-4,9-11,26-27H,5-8,12H2,(H,22,23). The van der Waals surface area contributed by atoms with Crippen LogP contribution in [0.5, 0.6) is 11.5 Å². The lowest BCUT2D eigenvalue weighted by Crippen LogP contribution is -2.46. The number of nitrogens with zero attached hydrogens (tertiary/aromatic N) is 4. The zero-order valence-electron chi connectivity index (χ0n) is 14.6. The number of hydrogen-bond donors (Lipinski definition) is 3. The second kappa shape index (κ2) is 7.46. The van der Waals surface area contributed by atoms with Crippen LogP contribution in [0.2, 0.25) is 5.02 Å². The molecule has 3 N–H and O–H groups in total. The van der Waals surface area contributed by atoms with Crippen molar-refractivity contribution in [1.82, 2.24) is 20.1 Å². The van der Waals surface area contributed by atoms with E-state index in [1.807, 2.05) is 30.6 Å². The molecule has 0 radical (unpaired) electrons. The van der Waals surface area contributed by atoms with Crippen LogP contribution in [0.15, 0.2) is 42.7 Å². The minimum atomic E-state index is -0.155. The van der Waals surface area contributed by atoms with Gasteiger partial charge < -0.3 is 15.1 Å². The van der Waals surface area contributed by atoms with Crippen molar-refractivity contribution < 1.29 is 10.2 Å². The second-order valence-electron chi connectivity index (χ2n) is 6.52. The molecule has 4 rings (SSSR count). The van der Waals surface area contributed by atoms with E-state index in [0.717, 1.165) is 44.1 Å². The average molecular weight is 386 g/mol. The van der Waals surface area contributed by atoms with Gasteiger partial charge in [0.2, 0.25) is 0 Å². The van der Waals surface area contributed by atoms with Crippen LogP contribution in [0, 0.1) is 0 Å². The van der Waals surface area contributed by atoms with E-state index in [9.17, 15) is 10.2 Å². The molecule has 0 bridgehead atoms. The summed E-state index contributed by atoms with van der Waals surface area (Å²) in [7, 11) is 0. The van der Waals surface area contributed by atoms with Gasteiger partial charge >= 0.3 is 0 Å². The number of rotatable bonds is 4. The zero-order valence-corrected chi connectivity index (χ0v) is 15.4. The highest BCUT2D eigenvalue weighted by Gasteiger charge is 2.23. The number of pyridine rings is 1. The Balaban J connectivity index is 1.49. The molecule has 0 unspecified atom stereocenters. The lowest BCUT2D eigenvalue weighted by molar-refractivity contribution is 0.247. The third-order valence-electron chi connectivity index (χ3n) is 4.77. The summed E-state index contributed by atoms with van der Waals surface area (Å²) in [6.07, 6.45) is 3.64. The summed E-state index contributed by atoms with van der Waals surface area (Å²) in [6, 6.07) is 8.74. The number of halogens is 1. The highest BCUT2D eigenvalue weighted by molar-refractivity contribution is 6.32. The van der Waals surface area contributed by atoms with Crippen molar-refractivity contribution in [2.24, 2.45) is 0 Å². The molecule has 0 atom stereocenters. The van der Waals surface area contributed by atoms with E-state index in [1.165, 1.54) is 12.1 Å². The number of anilines is 1. The molecular formula is C19H20ClN5O2. The van der Waals surface area contributed by atoms with Gasteiger partial charge in [-0.1, -0.05) is 17.7 Å². The predicted molar refractivity (Wildman–Crippen MR) is 104 cm³/mol. The largest absolute Gasteiger partial charge is 0.507 e. The molecule has 8 heteroatoms. The van der Waals surface area contributed by atoms with Crippen LogP contribution >= 0.6 is 11.6 Å². The molecular weight excluding hydrogens is 366 g/mol. The normalized spacial score (nSPS) is 15.2. The van der Waals surface area contributed by atoms with Crippen molar-refractivity contribution >= 4 is 17.3 Å². The maximum atomic E-state index is 10.2. The fraction of sp³-hybridized carbons (Fsp3) is 0.263. The Bertz CT molecular complexity index is 923. The summed E-state index contributed by atoms with van der Waals surface area (Å²) in [6.45, 7) is 4.33. The molecule has 140 valence electrons. The van der Waals surface area contributed by atoms with Gasteiger partial charge in [-0.25, -0.2) is 0 Å². The number of hydrogen-bond acceptors (Lipinski definition) is 6. The van der Waals surface area contributed by atoms with Gasteiger partial charge in [0.1, 0.15) is 17.2 Å². The van der Waals surface area contributed by atoms with Crippen LogP contribution < -0.4 is 4.90 Å². The van der Waals surface area contributed by atoms with Crippen molar-refractivity contribution in [3.05, 3.63) is 53.4 Å². The molecule has 2 aromatic heterocycles. The molecule has 1 aromatic carbocycles. The van der Waals surface area contributed by atoms with E-state index in [-0.39, 0.29) is 16.5 Å². The molecule has 1 fully saturated rings. The zero-order chi connectivity index (χ0) is 18.8. The van der Waals surface area contributed by atoms with Gasteiger partial charge in [0.05, 0.1) is 16.4 Å². The van der Waals surface area contributed by atoms with Crippen molar-refractivity contribution in [1.29, 1.82) is 0 Å². The number of H-pyrrole nitrogens is 1. The Morgan fingerprint density at radius 3 is 2.63 bits per heavy atom. The van der Waals surface area contributed by atoms with Crippen LogP contribution in [0.1, 0.15) is 5.69 Å².